The van der Waals surface area contributed by atoms with Gasteiger partial charge in [-0.2, -0.15) is 0 Å². The lowest BCUT2D eigenvalue weighted by molar-refractivity contribution is -0.122. The van der Waals surface area contributed by atoms with Gasteiger partial charge in [-0.05, 0) is 73.9 Å². The van der Waals surface area contributed by atoms with Gasteiger partial charge >= 0.3 is 0 Å². The quantitative estimate of drug-likeness (QED) is 0.716. The van der Waals surface area contributed by atoms with Crippen LogP contribution in [0.4, 0.5) is 10.1 Å². The maximum Gasteiger partial charge on any atom is 0.244 e. The average Bonchev–Trinajstić information content (AvgIpc) is 2.70. The predicted molar refractivity (Wildman–Crippen MR) is 117 cm³/mol. The van der Waals surface area contributed by atoms with E-state index in [1.165, 1.54) is 49.1 Å². The minimum Gasteiger partial charge on any atom is -0.347 e. The molecule has 0 unspecified atom stereocenters. The van der Waals surface area contributed by atoms with Crippen LogP contribution in [-0.2, 0) is 27.7 Å². The summed E-state index contributed by atoms with van der Waals surface area (Å²) in [7, 11) is -3.79. The second kappa shape index (κ2) is 9.16. The van der Waals surface area contributed by atoms with Crippen molar-refractivity contribution in [2.75, 3.05) is 10.6 Å². The van der Waals surface area contributed by atoms with E-state index in [1.54, 1.807) is 0 Å². The summed E-state index contributed by atoms with van der Waals surface area (Å²) in [6.07, 6.45) is 6.21. The molecule has 2 aromatic rings. The fraction of sp³-hybridized carbons (Fsp3) is 0.435. The minimum atomic E-state index is -3.79. The molecule has 30 heavy (non-hydrogen) atoms. The number of nitrogens with one attached hydrogen (secondary N) is 1. The Bertz CT molecular complexity index is 1020. The first kappa shape index (κ1) is 22.3. The number of hydrogen-bond acceptors (Lipinski definition) is 3. The molecule has 2 aromatic carbocycles. The molecule has 0 fully saturated rings. The molecule has 7 heteroatoms. The maximum absolute atomic E-state index is 13.7. The fourth-order valence-corrected chi connectivity index (χ4v) is 5.27. The van der Waals surface area contributed by atoms with Gasteiger partial charge in [0.05, 0.1) is 18.0 Å². The molecule has 1 amide bonds. The smallest absolute Gasteiger partial charge is 0.244 e. The standard InChI is InChI=1S/C23H29FN2O3S/c1-4-22(19-13-12-17-8-5-6-9-18(17)14-19)25-23(27)16(2)26(30(3,28)29)21-11-7-10-20(24)15-21/h7,10-16,22H,4-6,8-9H2,1-3H3,(H,25,27)/t16-,22+/m1/s1. The molecule has 1 N–H and O–H groups in total. The number of rotatable bonds is 7. The predicted octanol–water partition coefficient (Wildman–Crippen LogP) is 4.13. The molecule has 0 saturated heterocycles. The summed E-state index contributed by atoms with van der Waals surface area (Å²) in [5, 5.41) is 2.99. The van der Waals surface area contributed by atoms with E-state index in [1.807, 2.05) is 13.0 Å². The normalized spacial score (nSPS) is 15.7. The van der Waals surface area contributed by atoms with Crippen molar-refractivity contribution >= 4 is 21.6 Å². The highest BCUT2D eigenvalue weighted by Crippen LogP contribution is 2.27. The summed E-state index contributed by atoms with van der Waals surface area (Å²) in [5.74, 6) is -0.983. The highest BCUT2D eigenvalue weighted by atomic mass is 32.2. The number of benzene rings is 2. The summed E-state index contributed by atoms with van der Waals surface area (Å²) in [4.78, 5) is 13.0. The molecule has 2 atom stereocenters. The van der Waals surface area contributed by atoms with Crippen LogP contribution in [0.1, 0.15) is 55.8 Å². The second-order valence-corrected chi connectivity index (χ2v) is 9.78. The van der Waals surface area contributed by atoms with Crippen LogP contribution in [-0.4, -0.2) is 26.6 Å². The Morgan fingerprint density at radius 3 is 2.47 bits per heavy atom. The topological polar surface area (TPSA) is 66.5 Å². The van der Waals surface area contributed by atoms with Crippen LogP contribution in [0.25, 0.3) is 0 Å². The van der Waals surface area contributed by atoms with E-state index in [2.05, 4.69) is 17.4 Å². The van der Waals surface area contributed by atoms with Crippen molar-refractivity contribution in [2.45, 2.75) is 58.0 Å². The molecule has 5 nitrogen and oxygen atoms in total. The van der Waals surface area contributed by atoms with Gasteiger partial charge < -0.3 is 5.32 Å². The molecule has 162 valence electrons. The largest absolute Gasteiger partial charge is 0.347 e. The molecule has 0 aliphatic heterocycles. The molecule has 0 bridgehead atoms. The summed E-state index contributed by atoms with van der Waals surface area (Å²) in [6, 6.07) is 10.4. The Morgan fingerprint density at radius 2 is 1.83 bits per heavy atom. The SMILES string of the molecule is CC[C@H](NC(=O)[C@@H](C)N(c1cccc(F)c1)S(C)(=O)=O)c1ccc2c(c1)CCCC2. The van der Waals surface area contributed by atoms with Crippen molar-refractivity contribution in [3.63, 3.8) is 0 Å². The average molecular weight is 433 g/mol. The van der Waals surface area contributed by atoms with Gasteiger partial charge in [-0.3, -0.25) is 9.10 Å². The van der Waals surface area contributed by atoms with Crippen LogP contribution in [0.3, 0.4) is 0 Å². The van der Waals surface area contributed by atoms with Gasteiger partial charge in [0.15, 0.2) is 0 Å². The lowest BCUT2D eigenvalue weighted by Crippen LogP contribution is -2.48. The third-order valence-corrected chi connectivity index (χ3v) is 6.89. The van der Waals surface area contributed by atoms with Crippen LogP contribution >= 0.6 is 0 Å². The van der Waals surface area contributed by atoms with Crippen molar-refractivity contribution < 1.29 is 17.6 Å². The Hall–Kier alpha value is -2.41. The van der Waals surface area contributed by atoms with Crippen LogP contribution in [0, 0.1) is 5.82 Å². The number of halogens is 1. The van der Waals surface area contributed by atoms with E-state index in [4.69, 9.17) is 0 Å². The van der Waals surface area contributed by atoms with Crippen LogP contribution < -0.4 is 9.62 Å². The number of amides is 1. The van der Waals surface area contributed by atoms with Crippen molar-refractivity contribution in [3.8, 4) is 0 Å². The summed E-state index contributed by atoms with van der Waals surface area (Å²) in [5.41, 5.74) is 3.85. The van der Waals surface area contributed by atoms with E-state index < -0.39 is 27.8 Å². The molecule has 1 aliphatic rings. The number of carbonyl (C=O) groups is 1. The van der Waals surface area contributed by atoms with Crippen molar-refractivity contribution in [2.24, 2.45) is 0 Å². The van der Waals surface area contributed by atoms with Crippen LogP contribution in [0.5, 0.6) is 0 Å². The summed E-state index contributed by atoms with van der Waals surface area (Å²) in [6.45, 7) is 3.50. The number of nitrogens with zero attached hydrogens (tertiary/aromatic N) is 1. The van der Waals surface area contributed by atoms with Gasteiger partial charge in [0, 0.05) is 0 Å². The van der Waals surface area contributed by atoms with Gasteiger partial charge in [-0.1, -0.05) is 31.2 Å². The second-order valence-electron chi connectivity index (χ2n) is 7.92. The van der Waals surface area contributed by atoms with Crippen molar-refractivity contribution in [1.29, 1.82) is 0 Å². The first-order valence-electron chi connectivity index (χ1n) is 10.4. The zero-order valence-electron chi connectivity index (χ0n) is 17.7. The number of aryl methyl sites for hydroxylation is 2. The molecule has 3 rings (SSSR count). The summed E-state index contributed by atoms with van der Waals surface area (Å²) >= 11 is 0. The molecule has 0 spiro atoms. The van der Waals surface area contributed by atoms with E-state index in [0.29, 0.717) is 6.42 Å². The lowest BCUT2D eigenvalue weighted by atomic mass is 9.88. The van der Waals surface area contributed by atoms with Crippen LogP contribution in [0.2, 0.25) is 0 Å². The molecular formula is C23H29FN2O3S. The first-order valence-corrected chi connectivity index (χ1v) is 12.2. The maximum atomic E-state index is 13.7. The van der Waals surface area contributed by atoms with E-state index in [-0.39, 0.29) is 11.7 Å². The van der Waals surface area contributed by atoms with Gasteiger partial charge in [0.25, 0.3) is 0 Å². The van der Waals surface area contributed by atoms with E-state index in [0.717, 1.165) is 35.0 Å². The van der Waals surface area contributed by atoms with E-state index >= 15 is 0 Å². The van der Waals surface area contributed by atoms with Gasteiger partial charge in [0.2, 0.25) is 15.9 Å². The monoisotopic (exact) mass is 432 g/mol. The third-order valence-electron chi connectivity index (χ3n) is 5.65. The molecule has 0 aromatic heterocycles. The van der Waals surface area contributed by atoms with Gasteiger partial charge in [-0.15, -0.1) is 0 Å². The Kier molecular flexibility index (Phi) is 6.81. The minimum absolute atomic E-state index is 0.127. The zero-order chi connectivity index (χ0) is 21.9. The highest BCUT2D eigenvalue weighted by Gasteiger charge is 2.30. The fourth-order valence-electron chi connectivity index (χ4n) is 4.11. The number of sulfonamides is 1. The molecule has 0 heterocycles. The molecule has 1 aliphatic carbocycles. The molecule has 0 saturated carbocycles. The number of carbonyl (C=O) groups excluding carboxylic acids is 1. The molecule has 0 radical (unpaired) electrons. The highest BCUT2D eigenvalue weighted by molar-refractivity contribution is 7.92. The van der Waals surface area contributed by atoms with E-state index in [9.17, 15) is 17.6 Å². The van der Waals surface area contributed by atoms with Crippen molar-refractivity contribution in [3.05, 3.63) is 65.0 Å². The number of fused-ring (bicyclic) bond motifs is 1. The molecular weight excluding hydrogens is 403 g/mol. The number of hydrogen-bond donors (Lipinski definition) is 1. The third kappa shape index (κ3) is 5.01. The van der Waals surface area contributed by atoms with Gasteiger partial charge in [0.1, 0.15) is 11.9 Å². The summed E-state index contributed by atoms with van der Waals surface area (Å²) < 4.78 is 39.4. The van der Waals surface area contributed by atoms with Crippen LogP contribution in [0.15, 0.2) is 42.5 Å². The Morgan fingerprint density at radius 1 is 1.13 bits per heavy atom. The van der Waals surface area contributed by atoms with Gasteiger partial charge in [-0.25, -0.2) is 12.8 Å². The Balaban J connectivity index is 1.83. The van der Waals surface area contributed by atoms with Crippen molar-refractivity contribution in [1.82, 2.24) is 5.32 Å². The lowest BCUT2D eigenvalue weighted by Gasteiger charge is -2.30. The number of anilines is 1. The first-order chi connectivity index (χ1) is 14.2. The Labute approximate surface area is 178 Å². The zero-order valence-corrected chi connectivity index (χ0v) is 18.5.